The van der Waals surface area contributed by atoms with Crippen molar-refractivity contribution in [1.82, 2.24) is 4.72 Å². The highest BCUT2D eigenvalue weighted by molar-refractivity contribution is 7.89. The fourth-order valence-corrected chi connectivity index (χ4v) is 4.25. The predicted molar refractivity (Wildman–Crippen MR) is 91.2 cm³/mol. The summed E-state index contributed by atoms with van der Waals surface area (Å²) in [6.07, 6.45) is 0. The second-order valence-electron chi connectivity index (χ2n) is 5.99. The molecule has 1 unspecified atom stereocenters. The van der Waals surface area contributed by atoms with E-state index in [1.807, 2.05) is 0 Å². The predicted octanol–water partition coefficient (Wildman–Crippen LogP) is 1.74. The van der Waals surface area contributed by atoms with Gasteiger partial charge in [-0.15, -0.1) is 0 Å². The fourth-order valence-electron chi connectivity index (χ4n) is 2.46. The quantitative estimate of drug-likeness (QED) is 0.756. The monoisotopic (exact) mass is 356 g/mol. The van der Waals surface area contributed by atoms with Crippen LogP contribution in [-0.4, -0.2) is 33.4 Å². The van der Waals surface area contributed by atoms with Crippen molar-refractivity contribution in [2.45, 2.75) is 45.6 Å². The first kappa shape index (κ1) is 20.1. The molecule has 7 nitrogen and oxygen atoms in total. The van der Waals surface area contributed by atoms with Crippen LogP contribution in [0.3, 0.4) is 0 Å². The molecule has 0 bridgehead atoms. The molecule has 0 aromatic heterocycles. The Bertz CT molecular complexity index is 718. The Balaban J connectivity index is 3.28. The minimum Gasteiger partial charge on any atom is -0.468 e. The van der Waals surface area contributed by atoms with Crippen LogP contribution in [0.1, 0.15) is 31.9 Å². The lowest BCUT2D eigenvalue weighted by molar-refractivity contribution is -0.143. The summed E-state index contributed by atoms with van der Waals surface area (Å²) in [7, 11) is -2.72. The van der Waals surface area contributed by atoms with Gasteiger partial charge in [0.1, 0.15) is 6.04 Å². The van der Waals surface area contributed by atoms with Gasteiger partial charge in [-0.3, -0.25) is 9.59 Å². The summed E-state index contributed by atoms with van der Waals surface area (Å²) in [5, 5.41) is 2.62. The topological polar surface area (TPSA) is 102 Å². The maximum atomic E-state index is 12.7. The summed E-state index contributed by atoms with van der Waals surface area (Å²) >= 11 is 0. The van der Waals surface area contributed by atoms with Gasteiger partial charge in [-0.2, -0.15) is 4.72 Å². The van der Waals surface area contributed by atoms with E-state index in [2.05, 4.69) is 14.8 Å². The zero-order valence-electron chi connectivity index (χ0n) is 14.8. The van der Waals surface area contributed by atoms with Crippen molar-refractivity contribution in [3.05, 3.63) is 23.3 Å². The molecular formula is C16H24N2O5S. The highest BCUT2D eigenvalue weighted by Crippen LogP contribution is 2.25. The Hall–Kier alpha value is -1.93. The van der Waals surface area contributed by atoms with Gasteiger partial charge < -0.3 is 10.1 Å². The Kier molecular flexibility index (Phi) is 6.50. The zero-order chi connectivity index (χ0) is 18.7. The lowest BCUT2D eigenvalue weighted by Crippen LogP contribution is -2.45. The molecule has 1 aromatic rings. The number of aryl methyl sites for hydroxylation is 2. The fraction of sp³-hybridized carbons (Fsp3) is 0.500. The largest absolute Gasteiger partial charge is 0.468 e. The number of amides is 1. The number of rotatable bonds is 6. The average Bonchev–Trinajstić information content (AvgIpc) is 2.41. The van der Waals surface area contributed by atoms with E-state index >= 15 is 0 Å². The summed E-state index contributed by atoms with van der Waals surface area (Å²) in [4.78, 5) is 23.1. The SMILES string of the molecule is COC(=O)C(NS(=O)(=O)c1c(C)cc(NC(C)=O)cc1C)C(C)C. The molecule has 0 aliphatic rings. The molecule has 1 amide bonds. The third kappa shape index (κ3) is 4.78. The van der Waals surface area contributed by atoms with Crippen molar-refractivity contribution in [3.63, 3.8) is 0 Å². The molecule has 0 heterocycles. The first-order chi connectivity index (χ1) is 11.0. The third-order valence-corrected chi connectivity index (χ3v) is 5.20. The number of nitrogens with one attached hydrogen (secondary N) is 2. The van der Waals surface area contributed by atoms with E-state index in [9.17, 15) is 18.0 Å². The second kappa shape index (κ2) is 7.76. The number of ether oxygens (including phenoxy) is 1. The number of hydrogen-bond donors (Lipinski definition) is 2. The Morgan fingerprint density at radius 1 is 1.12 bits per heavy atom. The van der Waals surface area contributed by atoms with Crippen molar-refractivity contribution in [2.24, 2.45) is 5.92 Å². The lowest BCUT2D eigenvalue weighted by atomic mass is 10.1. The number of esters is 1. The maximum absolute atomic E-state index is 12.7. The smallest absolute Gasteiger partial charge is 0.324 e. The van der Waals surface area contributed by atoms with Crippen LogP contribution in [0.25, 0.3) is 0 Å². The molecule has 0 aliphatic heterocycles. The standard InChI is InChI=1S/C16H24N2O5S/c1-9(2)14(16(20)23-6)18-24(21,22)15-10(3)7-13(8-11(15)4)17-12(5)19/h7-9,14,18H,1-6H3,(H,17,19). The molecule has 134 valence electrons. The van der Waals surface area contributed by atoms with Crippen molar-refractivity contribution in [1.29, 1.82) is 0 Å². The van der Waals surface area contributed by atoms with Crippen LogP contribution >= 0.6 is 0 Å². The highest BCUT2D eigenvalue weighted by atomic mass is 32.2. The third-order valence-electron chi connectivity index (χ3n) is 3.45. The number of methoxy groups -OCH3 is 1. The summed E-state index contributed by atoms with van der Waals surface area (Å²) in [6, 6.07) is 2.17. The number of sulfonamides is 1. The first-order valence-electron chi connectivity index (χ1n) is 7.48. The average molecular weight is 356 g/mol. The van der Waals surface area contributed by atoms with Gasteiger partial charge >= 0.3 is 5.97 Å². The Labute approximate surface area is 142 Å². The van der Waals surface area contributed by atoms with Crippen molar-refractivity contribution < 1.29 is 22.7 Å². The summed E-state index contributed by atoms with van der Waals surface area (Å²) in [5.74, 6) is -1.15. The summed E-state index contributed by atoms with van der Waals surface area (Å²) in [5.41, 5.74) is 1.46. The van der Waals surface area contributed by atoms with Crippen LogP contribution < -0.4 is 10.0 Å². The van der Waals surface area contributed by atoms with Crippen LogP contribution in [0.4, 0.5) is 5.69 Å². The number of anilines is 1. The van der Waals surface area contributed by atoms with Crippen molar-refractivity contribution in [3.8, 4) is 0 Å². The molecule has 0 saturated heterocycles. The van der Waals surface area contributed by atoms with Gasteiger partial charge in [0.25, 0.3) is 0 Å². The molecule has 1 aromatic carbocycles. The van der Waals surface area contributed by atoms with Gasteiger partial charge in [-0.1, -0.05) is 13.8 Å². The van der Waals surface area contributed by atoms with Crippen LogP contribution in [0.15, 0.2) is 17.0 Å². The van der Waals surface area contributed by atoms with Gasteiger partial charge in [0, 0.05) is 12.6 Å². The van der Waals surface area contributed by atoms with Crippen LogP contribution in [0.5, 0.6) is 0 Å². The number of carbonyl (C=O) groups is 2. The number of hydrogen-bond acceptors (Lipinski definition) is 5. The molecule has 1 rings (SSSR count). The van der Waals surface area contributed by atoms with Gasteiger partial charge in [0.05, 0.1) is 12.0 Å². The van der Waals surface area contributed by atoms with E-state index in [1.54, 1.807) is 39.8 Å². The molecule has 0 spiro atoms. The molecule has 8 heteroatoms. The number of benzene rings is 1. The van der Waals surface area contributed by atoms with E-state index < -0.39 is 22.0 Å². The van der Waals surface area contributed by atoms with Crippen LogP contribution in [-0.2, 0) is 24.3 Å². The zero-order valence-corrected chi connectivity index (χ0v) is 15.6. The summed E-state index contributed by atoms with van der Waals surface area (Å²) in [6.45, 7) is 8.10. The second-order valence-corrected chi connectivity index (χ2v) is 7.64. The Morgan fingerprint density at radius 2 is 1.62 bits per heavy atom. The van der Waals surface area contributed by atoms with Gasteiger partial charge in [-0.05, 0) is 43.0 Å². The minimum absolute atomic E-state index is 0.0890. The summed E-state index contributed by atoms with van der Waals surface area (Å²) < 4.78 is 32.6. The van der Waals surface area contributed by atoms with E-state index in [-0.39, 0.29) is 16.7 Å². The molecule has 0 aliphatic carbocycles. The minimum atomic E-state index is -3.93. The van der Waals surface area contributed by atoms with E-state index in [0.29, 0.717) is 16.8 Å². The molecule has 0 radical (unpaired) electrons. The van der Waals surface area contributed by atoms with Crippen LogP contribution in [0, 0.1) is 19.8 Å². The van der Waals surface area contributed by atoms with Crippen molar-refractivity contribution in [2.75, 3.05) is 12.4 Å². The Morgan fingerprint density at radius 3 is 2.00 bits per heavy atom. The molecule has 0 fully saturated rings. The highest BCUT2D eigenvalue weighted by Gasteiger charge is 2.30. The molecular weight excluding hydrogens is 332 g/mol. The van der Waals surface area contributed by atoms with E-state index in [0.717, 1.165) is 0 Å². The van der Waals surface area contributed by atoms with Gasteiger partial charge in [0.15, 0.2) is 0 Å². The molecule has 1 atom stereocenters. The van der Waals surface area contributed by atoms with E-state index in [1.165, 1.54) is 14.0 Å². The van der Waals surface area contributed by atoms with Crippen LogP contribution in [0.2, 0.25) is 0 Å². The van der Waals surface area contributed by atoms with Gasteiger partial charge in [0.2, 0.25) is 15.9 Å². The molecule has 0 saturated carbocycles. The van der Waals surface area contributed by atoms with E-state index in [4.69, 9.17) is 0 Å². The maximum Gasteiger partial charge on any atom is 0.324 e. The lowest BCUT2D eigenvalue weighted by Gasteiger charge is -2.21. The molecule has 2 N–H and O–H groups in total. The van der Waals surface area contributed by atoms with Crippen molar-refractivity contribution >= 4 is 27.6 Å². The normalized spacial score (nSPS) is 12.8. The first-order valence-corrected chi connectivity index (χ1v) is 8.97. The number of carbonyl (C=O) groups excluding carboxylic acids is 2. The van der Waals surface area contributed by atoms with Gasteiger partial charge in [-0.25, -0.2) is 8.42 Å². The molecule has 24 heavy (non-hydrogen) atoms.